The molecule has 0 aromatic carbocycles. The van der Waals surface area contributed by atoms with Gasteiger partial charge in [0.05, 0.1) is 0 Å². The molecule has 0 spiro atoms. The van der Waals surface area contributed by atoms with Gasteiger partial charge in [-0.2, -0.15) is 0 Å². The lowest BCUT2D eigenvalue weighted by molar-refractivity contribution is 0.513. The van der Waals surface area contributed by atoms with Crippen LogP contribution in [-0.4, -0.2) is 10.1 Å². The van der Waals surface area contributed by atoms with Crippen molar-refractivity contribution in [2.45, 2.75) is 6.92 Å². The number of H-pyrrole nitrogens is 1. The number of aliphatic hydroxyl groups is 1. The van der Waals surface area contributed by atoms with E-state index in [0.29, 0.717) is 0 Å². The minimum atomic E-state index is 0. The molecule has 0 aliphatic rings. The Morgan fingerprint density at radius 3 is 2.78 bits per heavy atom. The van der Waals surface area contributed by atoms with Gasteiger partial charge in [0.15, 0.2) is 0 Å². The van der Waals surface area contributed by atoms with Crippen molar-refractivity contribution >= 4 is 5.76 Å². The molecule has 1 heterocycles. The fourth-order valence-electron chi connectivity index (χ4n) is 0.765. The lowest BCUT2D eigenvalue weighted by atomic mass is 10.2. The van der Waals surface area contributed by atoms with Crippen LogP contribution in [0.25, 0.3) is 5.76 Å². The van der Waals surface area contributed by atoms with Crippen molar-refractivity contribution in [3.8, 4) is 0 Å². The summed E-state index contributed by atoms with van der Waals surface area (Å²) < 4.78 is 0. The normalized spacial score (nSPS) is 9.44. The minimum absolute atomic E-state index is 0. The summed E-state index contributed by atoms with van der Waals surface area (Å²) in [6.07, 6.45) is 1.77. The monoisotopic (exact) mass is 125 g/mol. The summed E-state index contributed by atoms with van der Waals surface area (Å²) in [5.74, 6) is 0.119. The Morgan fingerprint density at radius 2 is 2.56 bits per heavy atom. The Balaban J connectivity index is 0.000000810. The largest absolute Gasteiger partial charge is 0.508 e. The van der Waals surface area contributed by atoms with Crippen LogP contribution in [0, 0.1) is 6.92 Å². The zero-order valence-electron chi connectivity index (χ0n) is 5.31. The van der Waals surface area contributed by atoms with Crippen LogP contribution in [0.15, 0.2) is 18.8 Å². The SMILES string of the molecule is C=C(O)c1cc[nH]c1C.[HH]. The van der Waals surface area contributed by atoms with Gasteiger partial charge in [0.25, 0.3) is 0 Å². The Hall–Kier alpha value is -1.18. The molecule has 1 aromatic heterocycles. The second-order valence-electron chi connectivity index (χ2n) is 1.96. The molecule has 2 nitrogen and oxygen atoms in total. The van der Waals surface area contributed by atoms with Gasteiger partial charge in [-0.05, 0) is 13.0 Å². The van der Waals surface area contributed by atoms with E-state index in [1.807, 2.05) is 6.92 Å². The van der Waals surface area contributed by atoms with Gasteiger partial charge in [0, 0.05) is 18.9 Å². The fourth-order valence-corrected chi connectivity index (χ4v) is 0.765. The topological polar surface area (TPSA) is 36.0 Å². The molecule has 1 aromatic rings. The third-order valence-electron chi connectivity index (χ3n) is 1.26. The van der Waals surface area contributed by atoms with Crippen molar-refractivity contribution in [2.24, 2.45) is 0 Å². The van der Waals surface area contributed by atoms with Gasteiger partial charge in [-0.1, -0.05) is 6.58 Å². The second-order valence-corrected chi connectivity index (χ2v) is 1.96. The van der Waals surface area contributed by atoms with Gasteiger partial charge in [-0.15, -0.1) is 0 Å². The predicted molar refractivity (Wildman–Crippen MR) is 39.3 cm³/mol. The third-order valence-corrected chi connectivity index (χ3v) is 1.26. The van der Waals surface area contributed by atoms with Crippen LogP contribution in [0.3, 0.4) is 0 Å². The molecule has 2 heteroatoms. The number of hydrogen-bond donors (Lipinski definition) is 2. The first kappa shape index (κ1) is 5.95. The molecule has 1 rings (SSSR count). The van der Waals surface area contributed by atoms with E-state index in [9.17, 15) is 0 Å². The zero-order valence-corrected chi connectivity index (χ0v) is 5.31. The Morgan fingerprint density at radius 1 is 1.89 bits per heavy atom. The molecule has 0 bridgehead atoms. The number of rotatable bonds is 1. The molecule has 0 saturated carbocycles. The summed E-state index contributed by atoms with van der Waals surface area (Å²) in [6, 6.07) is 1.79. The van der Waals surface area contributed by atoms with Crippen LogP contribution < -0.4 is 0 Å². The average Bonchev–Trinajstić information content (AvgIpc) is 2.13. The molecule has 0 unspecified atom stereocenters. The standard InChI is InChI=1S/C7H9NO.H2/c1-5-7(6(2)9)3-4-8-5;/h3-4,8-9H,2H2,1H3;1H. The maximum atomic E-state index is 8.88. The number of nitrogens with one attached hydrogen (secondary N) is 1. The van der Waals surface area contributed by atoms with Crippen molar-refractivity contribution in [3.05, 3.63) is 30.1 Å². The third kappa shape index (κ3) is 0.964. The predicted octanol–water partition coefficient (Wildman–Crippen LogP) is 2.10. The summed E-state index contributed by atoms with van der Waals surface area (Å²) in [7, 11) is 0. The van der Waals surface area contributed by atoms with Crippen LogP contribution in [0.2, 0.25) is 0 Å². The summed E-state index contributed by atoms with van der Waals surface area (Å²) in [5.41, 5.74) is 1.73. The van der Waals surface area contributed by atoms with E-state index in [4.69, 9.17) is 5.11 Å². The molecule has 2 N–H and O–H groups in total. The molecule has 0 aliphatic heterocycles. The van der Waals surface area contributed by atoms with Crippen LogP contribution in [0.4, 0.5) is 0 Å². The second kappa shape index (κ2) is 1.97. The van der Waals surface area contributed by atoms with Gasteiger partial charge < -0.3 is 10.1 Å². The molecular formula is C7H11NO. The number of aryl methyl sites for hydroxylation is 1. The molecule has 0 fully saturated rings. The lowest BCUT2D eigenvalue weighted by Crippen LogP contribution is -1.79. The van der Waals surface area contributed by atoms with Crippen molar-refractivity contribution in [3.63, 3.8) is 0 Å². The first-order valence-corrected chi connectivity index (χ1v) is 2.74. The molecular weight excluding hydrogens is 114 g/mol. The van der Waals surface area contributed by atoms with E-state index in [0.717, 1.165) is 11.3 Å². The van der Waals surface area contributed by atoms with E-state index in [-0.39, 0.29) is 7.19 Å². The smallest absolute Gasteiger partial charge is 0.117 e. The van der Waals surface area contributed by atoms with E-state index >= 15 is 0 Å². The van der Waals surface area contributed by atoms with Crippen LogP contribution >= 0.6 is 0 Å². The van der Waals surface area contributed by atoms with Gasteiger partial charge in [-0.3, -0.25) is 0 Å². The lowest BCUT2D eigenvalue weighted by Gasteiger charge is -1.92. The molecule has 0 amide bonds. The highest BCUT2D eigenvalue weighted by molar-refractivity contribution is 5.57. The number of aromatic nitrogens is 1. The highest BCUT2D eigenvalue weighted by Gasteiger charge is 1.98. The molecule has 50 valence electrons. The van der Waals surface area contributed by atoms with E-state index in [1.54, 1.807) is 12.3 Å². The quantitative estimate of drug-likeness (QED) is 0.554. The minimum Gasteiger partial charge on any atom is -0.508 e. The Kier molecular flexibility index (Phi) is 1.30. The van der Waals surface area contributed by atoms with Crippen molar-refractivity contribution in [1.82, 2.24) is 4.98 Å². The maximum Gasteiger partial charge on any atom is 0.117 e. The molecule has 0 radical (unpaired) electrons. The van der Waals surface area contributed by atoms with E-state index < -0.39 is 0 Å². The van der Waals surface area contributed by atoms with Crippen molar-refractivity contribution in [1.29, 1.82) is 0 Å². The van der Waals surface area contributed by atoms with Crippen molar-refractivity contribution < 1.29 is 6.53 Å². The fraction of sp³-hybridized carbons (Fsp3) is 0.143. The first-order valence-electron chi connectivity index (χ1n) is 2.74. The highest BCUT2D eigenvalue weighted by atomic mass is 16.3. The van der Waals surface area contributed by atoms with Crippen LogP contribution in [0.1, 0.15) is 12.7 Å². The Bertz CT molecular complexity index is 229. The summed E-state index contributed by atoms with van der Waals surface area (Å²) in [4.78, 5) is 2.93. The van der Waals surface area contributed by atoms with Crippen molar-refractivity contribution in [2.75, 3.05) is 0 Å². The van der Waals surface area contributed by atoms with Gasteiger partial charge in [0.2, 0.25) is 0 Å². The highest BCUT2D eigenvalue weighted by Crippen LogP contribution is 2.11. The summed E-state index contributed by atoms with van der Waals surface area (Å²) in [5, 5.41) is 8.88. The first-order chi connectivity index (χ1) is 4.22. The number of aliphatic hydroxyl groups excluding tert-OH is 1. The zero-order chi connectivity index (χ0) is 6.85. The average molecular weight is 125 g/mol. The van der Waals surface area contributed by atoms with E-state index in [2.05, 4.69) is 11.6 Å². The molecule has 0 aliphatic carbocycles. The van der Waals surface area contributed by atoms with Gasteiger partial charge >= 0.3 is 0 Å². The van der Waals surface area contributed by atoms with E-state index in [1.165, 1.54) is 0 Å². The summed E-state index contributed by atoms with van der Waals surface area (Å²) in [6.45, 7) is 5.28. The molecule has 0 atom stereocenters. The summed E-state index contributed by atoms with van der Waals surface area (Å²) >= 11 is 0. The molecule has 0 saturated heterocycles. The number of hydrogen-bond acceptors (Lipinski definition) is 1. The maximum absolute atomic E-state index is 8.88. The van der Waals surface area contributed by atoms with Crippen LogP contribution in [-0.2, 0) is 0 Å². The number of aromatic amines is 1. The molecule has 9 heavy (non-hydrogen) atoms. The van der Waals surface area contributed by atoms with Crippen LogP contribution in [0.5, 0.6) is 0 Å². The van der Waals surface area contributed by atoms with Gasteiger partial charge in [0.1, 0.15) is 5.76 Å². The Labute approximate surface area is 55.3 Å². The van der Waals surface area contributed by atoms with Gasteiger partial charge in [-0.25, -0.2) is 0 Å².